The van der Waals surface area contributed by atoms with Crippen molar-refractivity contribution in [2.75, 3.05) is 6.54 Å². The van der Waals surface area contributed by atoms with E-state index in [-0.39, 0.29) is 0 Å². The van der Waals surface area contributed by atoms with Gasteiger partial charge in [0, 0.05) is 5.02 Å². The second-order valence-electron chi connectivity index (χ2n) is 3.71. The highest BCUT2D eigenvalue weighted by molar-refractivity contribution is 6.30. The normalized spacial score (nSPS) is 20.5. The van der Waals surface area contributed by atoms with E-state index >= 15 is 0 Å². The monoisotopic (exact) mass is 225 g/mol. The Morgan fingerprint density at radius 2 is 2.27 bits per heavy atom. The number of carboxylic acid groups (broad SMARTS) is 1. The summed E-state index contributed by atoms with van der Waals surface area (Å²) in [6.45, 7) is 0.700. The topological polar surface area (TPSA) is 49.3 Å². The van der Waals surface area contributed by atoms with Crippen molar-refractivity contribution in [3.05, 3.63) is 34.3 Å². The molecule has 0 spiro atoms. The molecule has 0 amide bonds. The van der Waals surface area contributed by atoms with Crippen molar-refractivity contribution in [1.82, 2.24) is 5.32 Å². The van der Waals surface area contributed by atoms with Gasteiger partial charge in [0.15, 0.2) is 0 Å². The number of nitrogens with one attached hydrogen (secondary N) is 1. The van der Waals surface area contributed by atoms with Crippen LogP contribution in [0.4, 0.5) is 0 Å². The zero-order valence-corrected chi connectivity index (χ0v) is 8.92. The molecular weight excluding hydrogens is 214 g/mol. The quantitative estimate of drug-likeness (QED) is 0.761. The van der Waals surface area contributed by atoms with Crippen molar-refractivity contribution in [3.63, 3.8) is 0 Å². The van der Waals surface area contributed by atoms with Crippen LogP contribution in [-0.4, -0.2) is 23.7 Å². The molecule has 0 aromatic heterocycles. The van der Waals surface area contributed by atoms with Crippen molar-refractivity contribution < 1.29 is 9.90 Å². The van der Waals surface area contributed by atoms with Gasteiger partial charge in [-0.05, 0) is 42.6 Å². The Morgan fingerprint density at radius 1 is 1.47 bits per heavy atom. The Morgan fingerprint density at radius 3 is 3.00 bits per heavy atom. The summed E-state index contributed by atoms with van der Waals surface area (Å²) in [5.41, 5.74) is 2.23. The fraction of sp³-hybridized carbons (Fsp3) is 0.364. The number of benzene rings is 1. The summed E-state index contributed by atoms with van der Waals surface area (Å²) < 4.78 is 0. The second-order valence-corrected chi connectivity index (χ2v) is 4.15. The first-order valence-corrected chi connectivity index (χ1v) is 5.28. The van der Waals surface area contributed by atoms with Crippen LogP contribution in [0.1, 0.15) is 11.1 Å². The van der Waals surface area contributed by atoms with Gasteiger partial charge in [-0.25, -0.2) is 0 Å². The predicted octanol–water partition coefficient (Wildman–Crippen LogP) is 1.48. The van der Waals surface area contributed by atoms with Crippen molar-refractivity contribution in [3.8, 4) is 0 Å². The molecule has 1 aliphatic rings. The summed E-state index contributed by atoms with van der Waals surface area (Å²) in [5, 5.41) is 12.6. The smallest absolute Gasteiger partial charge is 0.321 e. The summed E-state index contributed by atoms with van der Waals surface area (Å²) in [6.07, 6.45) is 1.36. The molecule has 0 saturated heterocycles. The standard InChI is InChI=1S/C11H12ClNO2/c12-9-2-1-7-3-4-13-10(11(14)15)6-8(7)5-9/h1-2,5,10,13H,3-4,6H2,(H,14,15). The van der Waals surface area contributed by atoms with Gasteiger partial charge >= 0.3 is 5.97 Å². The van der Waals surface area contributed by atoms with Crippen LogP contribution < -0.4 is 5.32 Å². The van der Waals surface area contributed by atoms with Crippen molar-refractivity contribution in [2.24, 2.45) is 0 Å². The first-order chi connectivity index (χ1) is 7.16. The maximum absolute atomic E-state index is 10.9. The van der Waals surface area contributed by atoms with E-state index in [2.05, 4.69) is 5.32 Å². The molecule has 3 nitrogen and oxygen atoms in total. The fourth-order valence-electron chi connectivity index (χ4n) is 1.88. The molecule has 0 aliphatic carbocycles. The average Bonchev–Trinajstić information content (AvgIpc) is 2.39. The molecule has 1 aromatic carbocycles. The summed E-state index contributed by atoms with van der Waals surface area (Å²) >= 11 is 5.89. The van der Waals surface area contributed by atoms with Crippen molar-refractivity contribution in [2.45, 2.75) is 18.9 Å². The van der Waals surface area contributed by atoms with Crippen LogP contribution in [0.2, 0.25) is 5.02 Å². The molecule has 1 unspecified atom stereocenters. The lowest BCUT2D eigenvalue weighted by atomic mass is 10.0. The summed E-state index contributed by atoms with van der Waals surface area (Å²) in [7, 11) is 0. The summed E-state index contributed by atoms with van der Waals surface area (Å²) in [5.74, 6) is -0.803. The minimum Gasteiger partial charge on any atom is -0.480 e. The Labute approximate surface area is 93.1 Å². The van der Waals surface area contributed by atoms with Crippen molar-refractivity contribution >= 4 is 17.6 Å². The molecule has 0 bridgehead atoms. The number of carbonyl (C=O) groups is 1. The highest BCUT2D eigenvalue weighted by Gasteiger charge is 2.21. The molecule has 1 aliphatic heterocycles. The molecule has 2 rings (SSSR count). The average molecular weight is 226 g/mol. The highest BCUT2D eigenvalue weighted by Crippen LogP contribution is 2.20. The van der Waals surface area contributed by atoms with Gasteiger partial charge < -0.3 is 10.4 Å². The molecule has 0 fully saturated rings. The van der Waals surface area contributed by atoms with E-state index in [9.17, 15) is 4.79 Å². The number of halogens is 1. The van der Waals surface area contributed by atoms with Crippen LogP contribution in [0, 0.1) is 0 Å². The van der Waals surface area contributed by atoms with Gasteiger partial charge in [0.25, 0.3) is 0 Å². The lowest BCUT2D eigenvalue weighted by molar-refractivity contribution is -0.139. The van der Waals surface area contributed by atoms with Crippen LogP contribution in [-0.2, 0) is 17.6 Å². The predicted molar refractivity (Wildman–Crippen MR) is 58.3 cm³/mol. The van der Waals surface area contributed by atoms with Crippen molar-refractivity contribution in [1.29, 1.82) is 0 Å². The van der Waals surface area contributed by atoms with E-state index in [1.807, 2.05) is 18.2 Å². The summed E-state index contributed by atoms with van der Waals surface area (Å²) in [4.78, 5) is 10.9. The van der Waals surface area contributed by atoms with Crippen LogP contribution in [0.15, 0.2) is 18.2 Å². The van der Waals surface area contributed by atoms with E-state index in [1.54, 1.807) is 0 Å². The van der Waals surface area contributed by atoms with E-state index in [0.717, 1.165) is 12.0 Å². The first kappa shape index (κ1) is 10.5. The molecule has 1 aromatic rings. The molecule has 0 saturated carbocycles. The molecule has 1 heterocycles. The third-order valence-corrected chi connectivity index (χ3v) is 2.91. The number of fused-ring (bicyclic) bond motifs is 1. The van der Waals surface area contributed by atoms with Gasteiger partial charge in [-0.2, -0.15) is 0 Å². The third kappa shape index (κ3) is 2.30. The lowest BCUT2D eigenvalue weighted by Crippen LogP contribution is -2.37. The molecule has 1 atom stereocenters. The van der Waals surface area contributed by atoms with Gasteiger partial charge in [-0.1, -0.05) is 17.7 Å². The zero-order valence-electron chi connectivity index (χ0n) is 8.16. The Kier molecular flexibility index (Phi) is 2.93. The molecule has 2 N–H and O–H groups in total. The summed E-state index contributed by atoms with van der Waals surface area (Å²) in [6, 6.07) is 5.19. The Balaban J connectivity index is 2.31. The number of aliphatic carboxylic acids is 1. The molecule has 80 valence electrons. The van der Waals surface area contributed by atoms with E-state index in [0.29, 0.717) is 18.0 Å². The van der Waals surface area contributed by atoms with Crippen LogP contribution in [0.3, 0.4) is 0 Å². The SMILES string of the molecule is O=C(O)C1Cc2cc(Cl)ccc2CCN1. The lowest BCUT2D eigenvalue weighted by Gasteiger charge is -2.10. The minimum absolute atomic E-state index is 0.496. The zero-order chi connectivity index (χ0) is 10.8. The van der Waals surface area contributed by atoms with Gasteiger partial charge in [-0.3, -0.25) is 4.79 Å². The van der Waals surface area contributed by atoms with E-state index in [1.165, 1.54) is 5.56 Å². The first-order valence-electron chi connectivity index (χ1n) is 4.90. The number of rotatable bonds is 1. The Bertz CT molecular complexity index is 392. The molecule has 0 radical (unpaired) electrons. The van der Waals surface area contributed by atoms with Crippen LogP contribution in [0.5, 0.6) is 0 Å². The second kappa shape index (κ2) is 4.21. The molecule has 15 heavy (non-hydrogen) atoms. The third-order valence-electron chi connectivity index (χ3n) is 2.68. The van der Waals surface area contributed by atoms with Gasteiger partial charge in [0.2, 0.25) is 0 Å². The van der Waals surface area contributed by atoms with Crippen LogP contribution in [0.25, 0.3) is 0 Å². The van der Waals surface area contributed by atoms with Crippen LogP contribution >= 0.6 is 11.6 Å². The number of carboxylic acids is 1. The maximum atomic E-state index is 10.9. The number of hydrogen-bond donors (Lipinski definition) is 2. The molecule has 4 heteroatoms. The number of hydrogen-bond acceptors (Lipinski definition) is 2. The minimum atomic E-state index is -0.803. The fourth-order valence-corrected chi connectivity index (χ4v) is 2.07. The van der Waals surface area contributed by atoms with Gasteiger partial charge in [-0.15, -0.1) is 0 Å². The molecular formula is C11H12ClNO2. The van der Waals surface area contributed by atoms with E-state index in [4.69, 9.17) is 16.7 Å². The highest BCUT2D eigenvalue weighted by atomic mass is 35.5. The largest absolute Gasteiger partial charge is 0.480 e. The van der Waals surface area contributed by atoms with Gasteiger partial charge in [0.1, 0.15) is 6.04 Å². The van der Waals surface area contributed by atoms with Gasteiger partial charge in [0.05, 0.1) is 0 Å². The Hall–Kier alpha value is -1.06. The maximum Gasteiger partial charge on any atom is 0.321 e. The van der Waals surface area contributed by atoms with E-state index < -0.39 is 12.0 Å².